The number of hydrogen-bond donors (Lipinski definition) is 1. The second-order valence-corrected chi connectivity index (χ2v) is 5.23. The molecule has 2 rings (SSSR count). The second-order valence-electron chi connectivity index (χ2n) is 3.92. The van der Waals surface area contributed by atoms with Crippen LogP contribution in [0.4, 0.5) is 0 Å². The van der Waals surface area contributed by atoms with Gasteiger partial charge in [-0.1, -0.05) is 0 Å². The van der Waals surface area contributed by atoms with Crippen molar-refractivity contribution in [2.45, 2.75) is 0 Å². The van der Waals surface area contributed by atoms with Crippen LogP contribution in [0, 0.1) is 22.7 Å². The molecule has 2 aromatic rings. The Morgan fingerprint density at radius 1 is 0.810 bits per heavy atom. The molecule has 2 aromatic carbocycles. The van der Waals surface area contributed by atoms with Gasteiger partial charge in [0.05, 0.1) is 23.3 Å². The average molecular weight is 300 g/mol. The molecule has 7 heteroatoms. The van der Waals surface area contributed by atoms with Crippen LogP contribution in [0.3, 0.4) is 0 Å². The number of hydrogen-bond acceptors (Lipinski definition) is 5. The lowest BCUT2D eigenvalue weighted by atomic mass is 10.2. The molecule has 0 unspecified atom stereocenters. The van der Waals surface area contributed by atoms with Crippen molar-refractivity contribution >= 4 is 7.82 Å². The van der Waals surface area contributed by atoms with Gasteiger partial charge in [-0.2, -0.15) is 10.5 Å². The molecular weight excluding hydrogens is 291 g/mol. The first kappa shape index (κ1) is 14.6. The highest BCUT2D eigenvalue weighted by Crippen LogP contribution is 2.44. The molecule has 0 amide bonds. The molecule has 0 saturated carbocycles. The summed E-state index contributed by atoms with van der Waals surface area (Å²) in [6, 6.07) is 15.2. The highest BCUT2D eigenvalue weighted by Gasteiger charge is 2.25. The molecule has 21 heavy (non-hydrogen) atoms. The van der Waals surface area contributed by atoms with E-state index in [0.717, 1.165) is 0 Å². The predicted molar refractivity (Wildman–Crippen MR) is 73.4 cm³/mol. The Hall–Kier alpha value is -2.79. The zero-order valence-electron chi connectivity index (χ0n) is 10.6. The van der Waals surface area contributed by atoms with Crippen molar-refractivity contribution in [2.75, 3.05) is 0 Å². The summed E-state index contributed by atoms with van der Waals surface area (Å²) >= 11 is 0. The summed E-state index contributed by atoms with van der Waals surface area (Å²) in [6.07, 6.45) is 0. The van der Waals surface area contributed by atoms with Crippen molar-refractivity contribution in [1.82, 2.24) is 0 Å². The van der Waals surface area contributed by atoms with Gasteiger partial charge in [-0.3, -0.25) is 4.89 Å². The normalized spacial score (nSPS) is 10.2. The van der Waals surface area contributed by atoms with Crippen molar-refractivity contribution in [3.8, 4) is 23.6 Å². The number of benzene rings is 2. The Bertz CT molecular complexity index is 694. The maximum absolute atomic E-state index is 11.8. The van der Waals surface area contributed by atoms with Gasteiger partial charge in [-0.05, 0) is 48.5 Å². The highest BCUT2D eigenvalue weighted by atomic mass is 31.2. The number of phosphoric acid groups is 1. The molecule has 0 heterocycles. The van der Waals surface area contributed by atoms with Gasteiger partial charge >= 0.3 is 7.82 Å². The lowest BCUT2D eigenvalue weighted by Gasteiger charge is -2.13. The van der Waals surface area contributed by atoms with Crippen LogP contribution in [0.2, 0.25) is 0 Å². The van der Waals surface area contributed by atoms with Crippen molar-refractivity contribution in [2.24, 2.45) is 0 Å². The van der Waals surface area contributed by atoms with E-state index in [1.54, 1.807) is 0 Å². The summed E-state index contributed by atoms with van der Waals surface area (Å²) in [5.74, 6) is 0.210. The van der Waals surface area contributed by atoms with Gasteiger partial charge in [0.25, 0.3) is 0 Å². The molecule has 0 bridgehead atoms. The van der Waals surface area contributed by atoms with Crippen LogP contribution in [-0.2, 0) is 4.57 Å². The van der Waals surface area contributed by atoms with Crippen LogP contribution < -0.4 is 9.05 Å². The fraction of sp³-hybridized carbons (Fsp3) is 0. The number of rotatable bonds is 4. The zero-order valence-corrected chi connectivity index (χ0v) is 11.5. The van der Waals surface area contributed by atoms with E-state index in [1.165, 1.54) is 48.5 Å². The van der Waals surface area contributed by atoms with Crippen LogP contribution >= 0.6 is 7.82 Å². The molecule has 6 nitrogen and oxygen atoms in total. The van der Waals surface area contributed by atoms with Crippen LogP contribution in [0.5, 0.6) is 11.5 Å². The molecule has 104 valence electrons. The van der Waals surface area contributed by atoms with Crippen molar-refractivity contribution in [3.05, 3.63) is 59.7 Å². The molecule has 0 fully saturated rings. The van der Waals surface area contributed by atoms with Crippen molar-refractivity contribution in [1.29, 1.82) is 10.5 Å². The van der Waals surface area contributed by atoms with Gasteiger partial charge in [0.15, 0.2) is 0 Å². The minimum atomic E-state index is -4.35. The molecular formula is C14H9N2O4P. The quantitative estimate of drug-likeness (QED) is 0.870. The van der Waals surface area contributed by atoms with Crippen molar-refractivity contribution in [3.63, 3.8) is 0 Å². The van der Waals surface area contributed by atoms with E-state index >= 15 is 0 Å². The van der Waals surface area contributed by atoms with Crippen LogP contribution in [-0.4, -0.2) is 4.89 Å². The van der Waals surface area contributed by atoms with Gasteiger partial charge in [-0.15, -0.1) is 0 Å². The highest BCUT2D eigenvalue weighted by molar-refractivity contribution is 7.48. The molecule has 0 atom stereocenters. The van der Waals surface area contributed by atoms with Gasteiger partial charge < -0.3 is 9.05 Å². The maximum atomic E-state index is 11.8. The van der Waals surface area contributed by atoms with Gasteiger partial charge in [-0.25, -0.2) is 4.57 Å². The Kier molecular flexibility index (Phi) is 4.25. The number of nitriles is 2. The molecule has 0 aliphatic carbocycles. The third-order valence-electron chi connectivity index (χ3n) is 2.41. The van der Waals surface area contributed by atoms with E-state index < -0.39 is 7.82 Å². The maximum Gasteiger partial charge on any atom is 0.584 e. The second kappa shape index (κ2) is 6.11. The third kappa shape index (κ3) is 4.09. The summed E-state index contributed by atoms with van der Waals surface area (Å²) in [6.45, 7) is 0. The SMILES string of the molecule is N#Cc1ccc(OP(=O)(O)Oc2ccc(C#N)cc2)cc1. The predicted octanol–water partition coefficient (Wildman–Crippen LogP) is 2.99. The minimum absolute atomic E-state index is 0.105. The number of phosphoric ester groups is 1. The van der Waals surface area contributed by atoms with E-state index in [0.29, 0.717) is 11.1 Å². The molecule has 0 radical (unpaired) electrons. The van der Waals surface area contributed by atoms with Crippen LogP contribution in [0.1, 0.15) is 11.1 Å². The molecule has 0 aliphatic rings. The lowest BCUT2D eigenvalue weighted by Crippen LogP contribution is -1.99. The Morgan fingerprint density at radius 3 is 1.43 bits per heavy atom. The standard InChI is InChI=1S/C14H9N2O4P/c15-9-11-1-5-13(6-2-11)19-21(17,18)20-14-7-3-12(10-16)4-8-14/h1-8H,(H,17,18). The first-order valence-electron chi connectivity index (χ1n) is 5.75. The smallest absolute Gasteiger partial charge is 0.395 e. The van der Waals surface area contributed by atoms with E-state index in [9.17, 15) is 9.46 Å². The Labute approximate surface area is 121 Å². The topological polar surface area (TPSA) is 103 Å². The molecule has 0 spiro atoms. The molecule has 0 aromatic heterocycles. The Morgan fingerprint density at radius 2 is 1.14 bits per heavy atom. The first-order valence-corrected chi connectivity index (χ1v) is 7.24. The van der Waals surface area contributed by atoms with Gasteiger partial charge in [0.2, 0.25) is 0 Å². The van der Waals surface area contributed by atoms with Gasteiger partial charge in [0, 0.05) is 0 Å². The largest absolute Gasteiger partial charge is 0.584 e. The molecule has 0 saturated heterocycles. The summed E-state index contributed by atoms with van der Waals surface area (Å²) in [4.78, 5) is 9.66. The minimum Gasteiger partial charge on any atom is -0.395 e. The summed E-state index contributed by atoms with van der Waals surface area (Å²) in [5.41, 5.74) is 0.811. The third-order valence-corrected chi connectivity index (χ3v) is 3.29. The monoisotopic (exact) mass is 300 g/mol. The first-order chi connectivity index (χ1) is 10.0. The summed E-state index contributed by atoms with van der Waals surface area (Å²) < 4.78 is 21.6. The fourth-order valence-electron chi connectivity index (χ4n) is 1.47. The Balaban J connectivity index is 2.08. The van der Waals surface area contributed by atoms with Crippen LogP contribution in [0.25, 0.3) is 0 Å². The number of nitrogens with zero attached hydrogens (tertiary/aromatic N) is 2. The van der Waals surface area contributed by atoms with Gasteiger partial charge in [0.1, 0.15) is 11.5 Å². The fourth-order valence-corrected chi connectivity index (χ4v) is 2.28. The zero-order chi connectivity index (χ0) is 15.3. The molecule has 1 N–H and O–H groups in total. The summed E-state index contributed by atoms with van der Waals surface area (Å²) in [7, 11) is -4.35. The van der Waals surface area contributed by atoms with Crippen LogP contribution in [0.15, 0.2) is 48.5 Å². The summed E-state index contributed by atoms with van der Waals surface area (Å²) in [5, 5.41) is 17.3. The average Bonchev–Trinajstić information content (AvgIpc) is 2.48. The van der Waals surface area contributed by atoms with E-state index in [4.69, 9.17) is 19.6 Å². The van der Waals surface area contributed by atoms with Crippen molar-refractivity contribution < 1.29 is 18.5 Å². The van der Waals surface area contributed by atoms with E-state index in [1.807, 2.05) is 12.1 Å². The van der Waals surface area contributed by atoms with E-state index in [-0.39, 0.29) is 11.5 Å². The van der Waals surface area contributed by atoms with E-state index in [2.05, 4.69) is 0 Å². The lowest BCUT2D eigenvalue weighted by molar-refractivity contribution is 0.291. The molecule has 0 aliphatic heterocycles.